The molecule has 0 aliphatic carbocycles. The first kappa shape index (κ1) is 19.3. The lowest BCUT2D eigenvalue weighted by atomic mass is 9.89. The van der Waals surface area contributed by atoms with Crippen LogP contribution in [0, 0.1) is 5.92 Å². The molecule has 1 amide bonds. The molecule has 0 atom stereocenters. The molecule has 0 unspecified atom stereocenters. The minimum atomic E-state index is 0.0744. The van der Waals surface area contributed by atoms with Gasteiger partial charge in [0.1, 0.15) is 0 Å². The maximum atomic E-state index is 12.7. The number of Topliss-reactive ketones (excluding diaryl/α,β-unsaturated/α-hetero) is 1. The van der Waals surface area contributed by atoms with E-state index in [0.717, 1.165) is 37.1 Å². The van der Waals surface area contributed by atoms with Gasteiger partial charge in [-0.05, 0) is 38.4 Å². The summed E-state index contributed by atoms with van der Waals surface area (Å²) in [7, 11) is 0. The molecule has 0 saturated carbocycles. The van der Waals surface area contributed by atoms with E-state index < -0.39 is 0 Å². The molecule has 1 aliphatic heterocycles. The summed E-state index contributed by atoms with van der Waals surface area (Å²) < 4.78 is 0. The Balaban J connectivity index is 1.49. The highest BCUT2D eigenvalue weighted by Crippen LogP contribution is 2.22. The molecule has 1 saturated heterocycles. The Morgan fingerprint density at radius 1 is 0.963 bits per heavy atom. The fourth-order valence-corrected chi connectivity index (χ4v) is 3.66. The van der Waals surface area contributed by atoms with Gasteiger partial charge in [-0.3, -0.25) is 14.5 Å². The molecule has 1 fully saturated rings. The van der Waals surface area contributed by atoms with Gasteiger partial charge in [0.15, 0.2) is 5.78 Å². The molecule has 0 N–H and O–H groups in total. The smallest absolute Gasteiger partial charge is 0.237 e. The molecule has 2 aromatic rings. The number of likely N-dealkylation sites (tertiary alicyclic amines) is 1. The largest absolute Gasteiger partial charge is 0.338 e. The number of hydrogen-bond acceptors (Lipinski definition) is 3. The molecule has 0 spiro atoms. The van der Waals surface area contributed by atoms with Crippen molar-refractivity contribution < 1.29 is 9.59 Å². The fourth-order valence-electron chi connectivity index (χ4n) is 3.66. The van der Waals surface area contributed by atoms with Crippen LogP contribution < -0.4 is 0 Å². The SMILES string of the molecule is CCN(Cc1ccccc1)C(=O)CN1CCC(C(=O)c2ccccc2)CC1. The molecule has 2 aromatic carbocycles. The number of benzene rings is 2. The molecule has 1 heterocycles. The van der Waals surface area contributed by atoms with Gasteiger partial charge in [0.2, 0.25) is 5.91 Å². The monoisotopic (exact) mass is 364 g/mol. The Labute approximate surface area is 161 Å². The molecular formula is C23H28N2O2. The van der Waals surface area contributed by atoms with Gasteiger partial charge in [-0.15, -0.1) is 0 Å². The van der Waals surface area contributed by atoms with Crippen LogP contribution in [0.25, 0.3) is 0 Å². The number of hydrogen-bond donors (Lipinski definition) is 0. The summed E-state index contributed by atoms with van der Waals surface area (Å²) >= 11 is 0. The van der Waals surface area contributed by atoms with Crippen molar-refractivity contribution in [1.82, 2.24) is 9.80 Å². The lowest BCUT2D eigenvalue weighted by Gasteiger charge is -2.32. The Bertz CT molecular complexity index is 737. The number of likely N-dealkylation sites (N-methyl/N-ethyl adjacent to an activating group) is 1. The predicted molar refractivity (Wildman–Crippen MR) is 107 cm³/mol. The van der Waals surface area contributed by atoms with Crippen LogP contribution in [0.4, 0.5) is 0 Å². The topological polar surface area (TPSA) is 40.6 Å². The first-order valence-corrected chi connectivity index (χ1v) is 9.80. The Morgan fingerprint density at radius 3 is 2.15 bits per heavy atom. The van der Waals surface area contributed by atoms with E-state index in [0.29, 0.717) is 19.6 Å². The highest BCUT2D eigenvalue weighted by Gasteiger charge is 2.27. The van der Waals surface area contributed by atoms with Gasteiger partial charge in [0.25, 0.3) is 0 Å². The average Bonchev–Trinajstić information content (AvgIpc) is 2.73. The van der Waals surface area contributed by atoms with Crippen LogP contribution in [-0.2, 0) is 11.3 Å². The zero-order valence-corrected chi connectivity index (χ0v) is 16.0. The van der Waals surface area contributed by atoms with Crippen LogP contribution in [0.15, 0.2) is 60.7 Å². The number of amides is 1. The molecular weight excluding hydrogens is 336 g/mol. The predicted octanol–water partition coefficient (Wildman–Crippen LogP) is 3.63. The molecule has 3 rings (SSSR count). The normalized spacial score (nSPS) is 15.4. The van der Waals surface area contributed by atoms with Crippen molar-refractivity contribution in [3.8, 4) is 0 Å². The van der Waals surface area contributed by atoms with Crippen molar-refractivity contribution in [2.45, 2.75) is 26.3 Å². The summed E-state index contributed by atoms with van der Waals surface area (Å²) in [5, 5.41) is 0. The molecule has 0 aromatic heterocycles. The molecule has 0 radical (unpaired) electrons. The van der Waals surface area contributed by atoms with E-state index in [1.165, 1.54) is 0 Å². The maximum Gasteiger partial charge on any atom is 0.237 e. The highest BCUT2D eigenvalue weighted by molar-refractivity contribution is 5.97. The lowest BCUT2D eigenvalue weighted by molar-refractivity contribution is -0.133. The van der Waals surface area contributed by atoms with Crippen LogP contribution in [0.2, 0.25) is 0 Å². The standard InChI is InChI=1S/C23H28N2O2/c1-2-25(17-19-9-5-3-6-10-19)22(26)18-24-15-13-21(14-16-24)23(27)20-11-7-4-8-12-20/h3-12,21H,2,13-18H2,1H3. The minimum absolute atomic E-state index is 0.0744. The van der Waals surface area contributed by atoms with Crippen molar-refractivity contribution in [2.75, 3.05) is 26.2 Å². The Hall–Kier alpha value is -2.46. The van der Waals surface area contributed by atoms with Gasteiger partial charge in [-0.2, -0.15) is 0 Å². The van der Waals surface area contributed by atoms with Crippen LogP contribution in [-0.4, -0.2) is 47.7 Å². The van der Waals surface area contributed by atoms with E-state index in [4.69, 9.17) is 0 Å². The number of piperidine rings is 1. The first-order valence-electron chi connectivity index (χ1n) is 9.80. The van der Waals surface area contributed by atoms with Crippen LogP contribution >= 0.6 is 0 Å². The molecule has 142 valence electrons. The summed E-state index contributed by atoms with van der Waals surface area (Å²) in [6.07, 6.45) is 1.65. The zero-order valence-electron chi connectivity index (χ0n) is 16.0. The second-order valence-corrected chi connectivity index (χ2v) is 7.17. The van der Waals surface area contributed by atoms with Crippen molar-refractivity contribution >= 4 is 11.7 Å². The third-order valence-electron chi connectivity index (χ3n) is 5.33. The van der Waals surface area contributed by atoms with Crippen LogP contribution in [0.5, 0.6) is 0 Å². The number of nitrogens with zero attached hydrogens (tertiary/aromatic N) is 2. The van der Waals surface area contributed by atoms with Crippen molar-refractivity contribution in [2.24, 2.45) is 5.92 Å². The van der Waals surface area contributed by atoms with Crippen molar-refractivity contribution in [3.63, 3.8) is 0 Å². The second-order valence-electron chi connectivity index (χ2n) is 7.17. The molecule has 1 aliphatic rings. The zero-order chi connectivity index (χ0) is 19.1. The molecule has 0 bridgehead atoms. The summed E-state index contributed by atoms with van der Waals surface area (Å²) in [6, 6.07) is 19.6. The van der Waals surface area contributed by atoms with Gasteiger partial charge in [0.05, 0.1) is 6.54 Å². The van der Waals surface area contributed by atoms with Crippen LogP contribution in [0.1, 0.15) is 35.7 Å². The van der Waals surface area contributed by atoms with E-state index in [1.807, 2.05) is 60.4 Å². The van der Waals surface area contributed by atoms with Gasteiger partial charge in [0, 0.05) is 24.6 Å². The van der Waals surface area contributed by atoms with Crippen molar-refractivity contribution in [3.05, 3.63) is 71.8 Å². The molecule has 27 heavy (non-hydrogen) atoms. The van der Waals surface area contributed by atoms with Gasteiger partial charge >= 0.3 is 0 Å². The Morgan fingerprint density at radius 2 is 1.56 bits per heavy atom. The Kier molecular flexibility index (Phi) is 6.77. The van der Waals surface area contributed by atoms with Gasteiger partial charge < -0.3 is 4.90 Å². The van der Waals surface area contributed by atoms with Gasteiger partial charge in [-0.25, -0.2) is 0 Å². The summed E-state index contributed by atoms with van der Waals surface area (Å²) in [6.45, 7) is 5.42. The average molecular weight is 364 g/mol. The second kappa shape index (κ2) is 9.47. The maximum absolute atomic E-state index is 12.7. The van der Waals surface area contributed by atoms with E-state index in [-0.39, 0.29) is 17.6 Å². The number of carbonyl (C=O) groups is 2. The van der Waals surface area contributed by atoms with Crippen molar-refractivity contribution in [1.29, 1.82) is 0 Å². The van der Waals surface area contributed by atoms with E-state index in [2.05, 4.69) is 17.0 Å². The van der Waals surface area contributed by atoms with E-state index in [9.17, 15) is 9.59 Å². The number of carbonyl (C=O) groups excluding carboxylic acids is 2. The minimum Gasteiger partial charge on any atom is -0.338 e. The lowest BCUT2D eigenvalue weighted by Crippen LogP contribution is -2.44. The quantitative estimate of drug-likeness (QED) is 0.705. The molecule has 4 heteroatoms. The molecule has 4 nitrogen and oxygen atoms in total. The third kappa shape index (κ3) is 5.27. The third-order valence-corrected chi connectivity index (χ3v) is 5.33. The van der Waals surface area contributed by atoms with E-state index in [1.54, 1.807) is 0 Å². The highest BCUT2D eigenvalue weighted by atomic mass is 16.2. The first-order chi connectivity index (χ1) is 13.2. The fraction of sp³-hybridized carbons (Fsp3) is 0.391. The summed E-state index contributed by atoms with van der Waals surface area (Å²) in [4.78, 5) is 29.4. The summed E-state index contributed by atoms with van der Waals surface area (Å²) in [5.41, 5.74) is 1.95. The number of rotatable bonds is 7. The summed E-state index contributed by atoms with van der Waals surface area (Å²) in [5.74, 6) is 0.473. The van der Waals surface area contributed by atoms with E-state index >= 15 is 0 Å². The van der Waals surface area contributed by atoms with Gasteiger partial charge in [-0.1, -0.05) is 60.7 Å². The number of ketones is 1. The van der Waals surface area contributed by atoms with Crippen LogP contribution in [0.3, 0.4) is 0 Å².